The maximum Gasteiger partial charge on any atom is 0.0153 e. The van der Waals surface area contributed by atoms with Crippen molar-refractivity contribution < 1.29 is 0 Å². The van der Waals surface area contributed by atoms with Crippen LogP contribution in [-0.2, 0) is 0 Å². The molecule has 0 aromatic heterocycles. The van der Waals surface area contributed by atoms with Crippen LogP contribution in [0.25, 0.3) is 0 Å². The molecule has 1 saturated carbocycles. The first-order chi connectivity index (χ1) is 8.17. The van der Waals surface area contributed by atoms with E-state index in [-0.39, 0.29) is 0 Å². The Morgan fingerprint density at radius 2 is 2.06 bits per heavy atom. The molecule has 17 heavy (non-hydrogen) atoms. The van der Waals surface area contributed by atoms with Gasteiger partial charge in [0.1, 0.15) is 0 Å². The molecule has 1 fully saturated rings. The van der Waals surface area contributed by atoms with Crippen LogP contribution in [0.5, 0.6) is 0 Å². The third-order valence-corrected chi connectivity index (χ3v) is 5.45. The number of thioether (sulfide) groups is 1. The molecule has 1 atom stereocenters. The molecule has 0 bridgehead atoms. The Kier molecular flexibility index (Phi) is 2.95. The zero-order valence-electron chi connectivity index (χ0n) is 10.7. The Morgan fingerprint density at radius 1 is 1.29 bits per heavy atom. The number of nitrogens with one attached hydrogen (secondary N) is 1. The fourth-order valence-corrected chi connectivity index (χ4v) is 3.99. The molecule has 2 aliphatic rings. The monoisotopic (exact) mass is 247 g/mol. The minimum absolute atomic E-state index is 0.336. The van der Waals surface area contributed by atoms with Gasteiger partial charge in [0.05, 0.1) is 0 Å². The fraction of sp³-hybridized carbons (Fsp3) is 0.600. The van der Waals surface area contributed by atoms with Gasteiger partial charge >= 0.3 is 0 Å². The lowest BCUT2D eigenvalue weighted by Crippen LogP contribution is -2.43. The summed E-state index contributed by atoms with van der Waals surface area (Å²) in [6, 6.07) is 8.87. The van der Waals surface area contributed by atoms with Crippen LogP contribution in [0.15, 0.2) is 29.2 Å². The van der Waals surface area contributed by atoms with Crippen LogP contribution in [-0.4, -0.2) is 17.8 Å². The molecule has 0 spiro atoms. The second-order valence-corrected chi connectivity index (χ2v) is 6.98. The molecule has 1 aromatic rings. The van der Waals surface area contributed by atoms with Gasteiger partial charge in [-0.15, -0.1) is 11.8 Å². The molecule has 3 rings (SSSR count). The second kappa shape index (κ2) is 4.33. The van der Waals surface area contributed by atoms with Gasteiger partial charge in [-0.05, 0) is 44.2 Å². The average molecular weight is 247 g/mol. The zero-order chi connectivity index (χ0) is 11.9. The molecule has 1 nitrogen and oxygen atoms in total. The summed E-state index contributed by atoms with van der Waals surface area (Å²) in [6.07, 6.45) is 2.83. The topological polar surface area (TPSA) is 12.0 Å². The SMILES string of the molecule is CC(C)(NCC1CSc2ccccc21)C1CC1. The van der Waals surface area contributed by atoms with E-state index in [0.29, 0.717) is 11.5 Å². The highest BCUT2D eigenvalue weighted by atomic mass is 32.2. The predicted molar refractivity (Wildman–Crippen MR) is 74.7 cm³/mol. The van der Waals surface area contributed by atoms with Gasteiger partial charge in [-0.2, -0.15) is 0 Å². The molecular weight excluding hydrogens is 226 g/mol. The van der Waals surface area contributed by atoms with Crippen molar-refractivity contribution in [1.29, 1.82) is 0 Å². The van der Waals surface area contributed by atoms with Crippen molar-refractivity contribution in [2.24, 2.45) is 5.92 Å². The van der Waals surface area contributed by atoms with E-state index in [1.807, 2.05) is 11.8 Å². The highest BCUT2D eigenvalue weighted by Gasteiger charge is 2.38. The van der Waals surface area contributed by atoms with Gasteiger partial charge < -0.3 is 5.32 Å². The quantitative estimate of drug-likeness (QED) is 0.871. The smallest absolute Gasteiger partial charge is 0.0153 e. The van der Waals surface area contributed by atoms with E-state index in [1.165, 1.54) is 23.5 Å². The lowest BCUT2D eigenvalue weighted by molar-refractivity contribution is 0.335. The van der Waals surface area contributed by atoms with Gasteiger partial charge in [-0.25, -0.2) is 0 Å². The summed E-state index contributed by atoms with van der Waals surface area (Å²) in [5, 5.41) is 3.79. The lowest BCUT2D eigenvalue weighted by Gasteiger charge is -2.28. The molecule has 1 aliphatic heterocycles. The summed E-state index contributed by atoms with van der Waals surface area (Å²) < 4.78 is 0. The molecule has 0 radical (unpaired) electrons. The van der Waals surface area contributed by atoms with Crippen LogP contribution >= 0.6 is 11.8 Å². The van der Waals surface area contributed by atoms with Crippen molar-refractivity contribution in [1.82, 2.24) is 5.32 Å². The van der Waals surface area contributed by atoms with Crippen LogP contribution in [0.3, 0.4) is 0 Å². The molecule has 1 heterocycles. The Balaban J connectivity index is 1.64. The van der Waals surface area contributed by atoms with E-state index in [0.717, 1.165) is 12.5 Å². The minimum Gasteiger partial charge on any atom is -0.311 e. The van der Waals surface area contributed by atoms with Crippen LogP contribution in [0.1, 0.15) is 38.2 Å². The zero-order valence-corrected chi connectivity index (χ0v) is 11.5. The fourth-order valence-electron chi connectivity index (χ4n) is 2.73. The van der Waals surface area contributed by atoms with E-state index in [2.05, 4.69) is 43.4 Å². The lowest BCUT2D eigenvalue weighted by atomic mass is 9.95. The van der Waals surface area contributed by atoms with Crippen LogP contribution in [0, 0.1) is 5.92 Å². The van der Waals surface area contributed by atoms with E-state index >= 15 is 0 Å². The first kappa shape index (κ1) is 11.6. The normalized spacial score (nSPS) is 23.8. The van der Waals surface area contributed by atoms with Gasteiger partial charge in [-0.1, -0.05) is 18.2 Å². The summed E-state index contributed by atoms with van der Waals surface area (Å²) in [6.45, 7) is 5.85. The summed E-state index contributed by atoms with van der Waals surface area (Å²) in [7, 11) is 0. The third-order valence-electron chi connectivity index (χ3n) is 4.20. The third kappa shape index (κ3) is 2.38. The second-order valence-electron chi connectivity index (χ2n) is 5.92. The molecular formula is C15H21NS. The highest BCUT2D eigenvalue weighted by Crippen LogP contribution is 2.41. The molecule has 0 amide bonds. The predicted octanol–water partition coefficient (Wildman–Crippen LogP) is 3.65. The maximum absolute atomic E-state index is 3.79. The molecule has 1 unspecified atom stereocenters. The van der Waals surface area contributed by atoms with Crippen LogP contribution in [0.4, 0.5) is 0 Å². The number of hydrogen-bond acceptors (Lipinski definition) is 2. The standard InChI is InChI=1S/C15H21NS/c1-15(2,12-7-8-12)16-9-11-10-17-14-6-4-3-5-13(11)14/h3-6,11-12,16H,7-10H2,1-2H3. The van der Waals surface area contributed by atoms with E-state index in [4.69, 9.17) is 0 Å². The molecule has 1 aliphatic carbocycles. The van der Waals surface area contributed by atoms with E-state index in [9.17, 15) is 0 Å². The van der Waals surface area contributed by atoms with Gasteiger partial charge in [0, 0.05) is 28.6 Å². The number of rotatable bonds is 4. The summed E-state index contributed by atoms with van der Waals surface area (Å²) in [4.78, 5) is 1.49. The first-order valence-electron chi connectivity index (χ1n) is 6.63. The van der Waals surface area contributed by atoms with Gasteiger partial charge in [0.2, 0.25) is 0 Å². The summed E-state index contributed by atoms with van der Waals surface area (Å²) >= 11 is 2.01. The molecule has 0 saturated heterocycles. The Bertz CT molecular complexity index is 409. The Labute approximate surface area is 108 Å². The summed E-state index contributed by atoms with van der Waals surface area (Å²) in [5.74, 6) is 2.86. The van der Waals surface area contributed by atoms with Crippen molar-refractivity contribution in [3.63, 3.8) is 0 Å². The molecule has 92 valence electrons. The van der Waals surface area contributed by atoms with E-state index < -0.39 is 0 Å². The maximum atomic E-state index is 3.79. The van der Waals surface area contributed by atoms with Crippen molar-refractivity contribution >= 4 is 11.8 Å². The minimum atomic E-state index is 0.336. The number of fused-ring (bicyclic) bond motifs is 1. The molecule has 1 N–H and O–H groups in total. The van der Waals surface area contributed by atoms with Crippen molar-refractivity contribution in [3.8, 4) is 0 Å². The van der Waals surface area contributed by atoms with Crippen molar-refractivity contribution in [2.75, 3.05) is 12.3 Å². The van der Waals surface area contributed by atoms with Gasteiger partial charge in [0.15, 0.2) is 0 Å². The number of benzene rings is 1. The average Bonchev–Trinajstić information content (AvgIpc) is 3.09. The van der Waals surface area contributed by atoms with Crippen molar-refractivity contribution in [3.05, 3.63) is 29.8 Å². The van der Waals surface area contributed by atoms with Crippen LogP contribution in [0.2, 0.25) is 0 Å². The number of hydrogen-bond donors (Lipinski definition) is 1. The van der Waals surface area contributed by atoms with Crippen molar-refractivity contribution in [2.45, 2.75) is 43.0 Å². The largest absolute Gasteiger partial charge is 0.311 e. The molecule has 2 heteroatoms. The summed E-state index contributed by atoms with van der Waals surface area (Å²) in [5.41, 5.74) is 1.89. The van der Waals surface area contributed by atoms with Crippen LogP contribution < -0.4 is 5.32 Å². The van der Waals surface area contributed by atoms with E-state index in [1.54, 1.807) is 5.56 Å². The molecule has 1 aromatic carbocycles. The van der Waals surface area contributed by atoms with Gasteiger partial charge in [0.25, 0.3) is 0 Å². The van der Waals surface area contributed by atoms with Gasteiger partial charge in [-0.3, -0.25) is 0 Å². The Morgan fingerprint density at radius 3 is 2.82 bits per heavy atom. The highest BCUT2D eigenvalue weighted by molar-refractivity contribution is 7.99. The Hall–Kier alpha value is -0.470. The first-order valence-corrected chi connectivity index (χ1v) is 7.62.